The number of aromatic nitrogens is 3. The van der Waals surface area contributed by atoms with Gasteiger partial charge in [0.1, 0.15) is 0 Å². The molecule has 0 amide bonds. The molecule has 0 saturated carbocycles. The molecule has 5 heteroatoms. The third-order valence-electron chi connectivity index (χ3n) is 5.81. The van der Waals surface area contributed by atoms with E-state index >= 15 is 0 Å². The maximum Gasteiger partial charge on any atom is 0.276 e. The van der Waals surface area contributed by atoms with Crippen LogP contribution >= 0.6 is 0 Å². The van der Waals surface area contributed by atoms with Crippen molar-refractivity contribution in [2.45, 2.75) is 33.2 Å². The molecule has 2 aromatic heterocycles. The number of hydrogen-bond donors (Lipinski definition) is 2. The molecule has 4 rings (SSSR count). The van der Waals surface area contributed by atoms with Crippen LogP contribution in [0.25, 0.3) is 16.6 Å². The third kappa shape index (κ3) is 3.54. The smallest absolute Gasteiger partial charge is 0.276 e. The summed E-state index contributed by atoms with van der Waals surface area (Å²) in [5, 5.41) is 4.77. The lowest BCUT2D eigenvalue weighted by Gasteiger charge is -2.07. The third-order valence-corrected chi connectivity index (χ3v) is 5.81. The van der Waals surface area contributed by atoms with Gasteiger partial charge >= 0.3 is 0 Å². The monoisotopic (exact) mass is 388 g/mol. The van der Waals surface area contributed by atoms with E-state index in [9.17, 15) is 4.79 Å². The van der Waals surface area contributed by atoms with Gasteiger partial charge in [-0.2, -0.15) is 0 Å². The van der Waals surface area contributed by atoms with Gasteiger partial charge < -0.3 is 10.3 Å². The second-order valence-electron chi connectivity index (χ2n) is 7.47. The summed E-state index contributed by atoms with van der Waals surface area (Å²) in [7, 11) is 1.94. The first kappa shape index (κ1) is 19.3. The highest BCUT2D eigenvalue weighted by Crippen LogP contribution is 2.22. The maximum absolute atomic E-state index is 13.0. The van der Waals surface area contributed by atoms with Crippen molar-refractivity contribution < 1.29 is 0 Å². The van der Waals surface area contributed by atoms with Gasteiger partial charge in [0.15, 0.2) is 0 Å². The van der Waals surface area contributed by atoms with Gasteiger partial charge in [0.2, 0.25) is 0 Å². The van der Waals surface area contributed by atoms with Crippen molar-refractivity contribution in [3.8, 4) is 5.69 Å². The summed E-state index contributed by atoms with van der Waals surface area (Å²) in [5.74, 6) is 0. The molecule has 0 aliphatic rings. The second-order valence-corrected chi connectivity index (χ2v) is 7.47. The summed E-state index contributed by atoms with van der Waals surface area (Å²) in [6.07, 6.45) is 4.06. The molecule has 0 aliphatic carbocycles. The summed E-state index contributed by atoms with van der Waals surface area (Å²) in [5.41, 5.74) is 6.66. The highest BCUT2D eigenvalue weighted by Gasteiger charge is 2.15. The fourth-order valence-corrected chi connectivity index (χ4v) is 4.04. The van der Waals surface area contributed by atoms with E-state index in [1.54, 1.807) is 4.68 Å². The number of para-hydroxylation sites is 2. The lowest BCUT2D eigenvalue weighted by atomic mass is 10.1. The molecule has 2 N–H and O–H groups in total. The van der Waals surface area contributed by atoms with Crippen molar-refractivity contribution in [1.29, 1.82) is 0 Å². The van der Waals surface area contributed by atoms with E-state index in [-0.39, 0.29) is 5.56 Å². The van der Waals surface area contributed by atoms with E-state index in [4.69, 9.17) is 0 Å². The Labute approximate surface area is 171 Å². The van der Waals surface area contributed by atoms with Crippen LogP contribution in [0.5, 0.6) is 0 Å². The van der Waals surface area contributed by atoms with Gasteiger partial charge in [-0.1, -0.05) is 43.3 Å². The zero-order valence-corrected chi connectivity index (χ0v) is 17.3. The van der Waals surface area contributed by atoms with Crippen LogP contribution in [-0.4, -0.2) is 20.9 Å². The zero-order chi connectivity index (χ0) is 20.4. The molecule has 0 unspecified atom stereocenters. The molecule has 2 heterocycles. The topological polar surface area (TPSA) is 54.8 Å². The predicted molar refractivity (Wildman–Crippen MR) is 119 cm³/mol. The van der Waals surface area contributed by atoms with E-state index < -0.39 is 0 Å². The molecular formula is C24H28N4O. The quantitative estimate of drug-likeness (QED) is 0.472. The van der Waals surface area contributed by atoms with E-state index in [1.807, 2.05) is 49.0 Å². The molecule has 0 aliphatic heterocycles. The molecule has 0 spiro atoms. The molecule has 5 nitrogen and oxygen atoms in total. The molecule has 0 atom stereocenters. The molecule has 150 valence electrons. The minimum Gasteiger partial charge on any atom is -0.361 e. The first-order valence-electron chi connectivity index (χ1n) is 10.2. The Morgan fingerprint density at radius 2 is 1.83 bits per heavy atom. The summed E-state index contributed by atoms with van der Waals surface area (Å²) in [6, 6.07) is 16.3. The number of benzene rings is 2. The molecule has 4 aromatic rings. The fourth-order valence-electron chi connectivity index (χ4n) is 4.04. The van der Waals surface area contributed by atoms with E-state index in [1.165, 1.54) is 22.0 Å². The maximum atomic E-state index is 13.0. The molecule has 0 saturated heterocycles. The molecular weight excluding hydrogens is 360 g/mol. The highest BCUT2D eigenvalue weighted by molar-refractivity contribution is 5.86. The summed E-state index contributed by atoms with van der Waals surface area (Å²) in [4.78, 5) is 16.4. The molecule has 0 radical (unpaired) electrons. The molecule has 0 fully saturated rings. The highest BCUT2D eigenvalue weighted by atomic mass is 16.1. The van der Waals surface area contributed by atoms with Crippen LogP contribution in [-0.2, 0) is 26.4 Å². The van der Waals surface area contributed by atoms with Crippen LogP contribution in [0.1, 0.15) is 29.3 Å². The first-order chi connectivity index (χ1) is 14.1. The Morgan fingerprint density at radius 3 is 2.59 bits per heavy atom. The Bertz CT molecular complexity index is 1180. The standard InChI is InChI=1S/C24H28N4O/c1-4-18-9-8-12-21-19(15-26-23(18)21)13-14-25-16-22-17(2)27(3)28(24(22)29)20-10-6-5-7-11-20/h5-12,15,25-26H,4,13-14,16H2,1-3H3. The van der Waals surface area contributed by atoms with Crippen molar-refractivity contribution >= 4 is 10.9 Å². The van der Waals surface area contributed by atoms with Crippen molar-refractivity contribution in [2.24, 2.45) is 7.05 Å². The number of aryl methyl sites for hydroxylation is 1. The summed E-state index contributed by atoms with van der Waals surface area (Å²) < 4.78 is 3.67. The van der Waals surface area contributed by atoms with Gasteiger partial charge in [0.05, 0.1) is 11.3 Å². The van der Waals surface area contributed by atoms with Gasteiger partial charge in [-0.05, 0) is 49.6 Å². The number of hydrogen-bond acceptors (Lipinski definition) is 2. The predicted octanol–water partition coefficient (Wildman–Crippen LogP) is 3.86. The molecule has 0 bridgehead atoms. The lowest BCUT2D eigenvalue weighted by Crippen LogP contribution is -2.24. The van der Waals surface area contributed by atoms with Crippen molar-refractivity contribution in [3.63, 3.8) is 0 Å². The van der Waals surface area contributed by atoms with Crippen LogP contribution in [0.4, 0.5) is 0 Å². The largest absolute Gasteiger partial charge is 0.361 e. The van der Waals surface area contributed by atoms with Crippen molar-refractivity contribution in [3.05, 3.63) is 87.5 Å². The van der Waals surface area contributed by atoms with Crippen molar-refractivity contribution in [2.75, 3.05) is 6.54 Å². The Morgan fingerprint density at radius 1 is 1.03 bits per heavy atom. The van der Waals surface area contributed by atoms with Crippen LogP contribution in [0.2, 0.25) is 0 Å². The number of nitrogens with one attached hydrogen (secondary N) is 2. The second kappa shape index (κ2) is 8.13. The average molecular weight is 389 g/mol. The van der Waals surface area contributed by atoms with Crippen LogP contribution in [0, 0.1) is 6.92 Å². The van der Waals surface area contributed by atoms with Crippen LogP contribution in [0.3, 0.4) is 0 Å². The minimum absolute atomic E-state index is 0.0448. The SMILES string of the molecule is CCc1cccc2c(CCNCc3c(C)n(C)n(-c4ccccc4)c3=O)c[nH]c12. The van der Waals surface area contributed by atoms with Crippen LogP contribution in [0.15, 0.2) is 59.5 Å². The Balaban J connectivity index is 1.46. The number of fused-ring (bicyclic) bond motifs is 1. The minimum atomic E-state index is 0.0448. The van der Waals surface area contributed by atoms with E-state index in [0.29, 0.717) is 6.54 Å². The van der Waals surface area contributed by atoms with Gasteiger partial charge in [0, 0.05) is 36.4 Å². The Hall–Kier alpha value is -3.05. The zero-order valence-electron chi connectivity index (χ0n) is 17.3. The number of aromatic amines is 1. The fraction of sp³-hybridized carbons (Fsp3) is 0.292. The van der Waals surface area contributed by atoms with Crippen molar-refractivity contribution in [1.82, 2.24) is 19.7 Å². The lowest BCUT2D eigenvalue weighted by molar-refractivity contribution is 0.629. The normalized spacial score (nSPS) is 11.4. The summed E-state index contributed by atoms with van der Waals surface area (Å²) in [6.45, 7) is 5.58. The van der Waals surface area contributed by atoms with Gasteiger partial charge in [-0.3, -0.25) is 9.48 Å². The number of nitrogens with zero attached hydrogens (tertiary/aromatic N) is 2. The average Bonchev–Trinajstić information content (AvgIpc) is 3.25. The molecule has 29 heavy (non-hydrogen) atoms. The van der Waals surface area contributed by atoms with Gasteiger partial charge in [-0.25, -0.2) is 4.68 Å². The van der Waals surface area contributed by atoms with Crippen LogP contribution < -0.4 is 10.9 Å². The van der Waals surface area contributed by atoms with E-state index in [0.717, 1.165) is 36.3 Å². The van der Waals surface area contributed by atoms with Gasteiger partial charge in [0.25, 0.3) is 5.56 Å². The first-order valence-corrected chi connectivity index (χ1v) is 10.2. The summed E-state index contributed by atoms with van der Waals surface area (Å²) >= 11 is 0. The van der Waals surface area contributed by atoms with Gasteiger partial charge in [-0.15, -0.1) is 0 Å². The number of rotatable bonds is 7. The number of H-pyrrole nitrogens is 1. The molecule has 2 aromatic carbocycles. The Kier molecular flexibility index (Phi) is 5.41. The van der Waals surface area contributed by atoms with E-state index in [2.05, 4.69) is 41.6 Å².